The molecule has 0 aromatic heterocycles. The fourth-order valence-corrected chi connectivity index (χ4v) is 2.31. The van der Waals surface area contributed by atoms with Crippen molar-refractivity contribution >= 4 is 5.97 Å². The van der Waals surface area contributed by atoms with Gasteiger partial charge >= 0.3 is 5.97 Å². The van der Waals surface area contributed by atoms with E-state index in [0.717, 1.165) is 32.1 Å². The molecule has 0 radical (unpaired) electrons. The van der Waals surface area contributed by atoms with E-state index in [-0.39, 0.29) is 11.4 Å². The van der Waals surface area contributed by atoms with Crippen LogP contribution in [0.1, 0.15) is 44.9 Å². The Morgan fingerprint density at radius 3 is 2.57 bits per heavy atom. The minimum atomic E-state index is -0.265. The summed E-state index contributed by atoms with van der Waals surface area (Å²) in [6.07, 6.45) is 12.1. The van der Waals surface area contributed by atoms with Gasteiger partial charge in [-0.3, -0.25) is 4.79 Å². The van der Waals surface area contributed by atoms with Gasteiger partial charge in [-0.05, 0) is 19.3 Å². The van der Waals surface area contributed by atoms with Crippen LogP contribution in [0.15, 0.2) is 0 Å². The van der Waals surface area contributed by atoms with Crippen molar-refractivity contribution in [3.05, 3.63) is 0 Å². The largest absolute Gasteiger partial charge is 0.469 e. The van der Waals surface area contributed by atoms with E-state index in [1.165, 1.54) is 13.5 Å². The van der Waals surface area contributed by atoms with E-state index >= 15 is 0 Å². The van der Waals surface area contributed by atoms with Gasteiger partial charge in [-0.2, -0.15) is 0 Å². The van der Waals surface area contributed by atoms with Crippen LogP contribution in [0, 0.1) is 17.8 Å². The number of hydrogen-bond donors (Lipinski definition) is 0. The number of esters is 1. The Bertz CT molecular complexity index is 231. The van der Waals surface area contributed by atoms with Crippen LogP contribution in [0.5, 0.6) is 0 Å². The molecule has 2 heteroatoms. The monoisotopic (exact) mass is 194 g/mol. The number of ether oxygens (including phenoxy) is 1. The molecule has 1 rings (SSSR count). The van der Waals surface area contributed by atoms with Crippen LogP contribution in [0.25, 0.3) is 0 Å². The van der Waals surface area contributed by atoms with Crippen LogP contribution < -0.4 is 0 Å². The second kappa shape index (κ2) is 5.05. The predicted molar refractivity (Wildman–Crippen MR) is 55.6 cm³/mol. The Labute approximate surface area is 86.0 Å². The fourth-order valence-electron chi connectivity index (χ4n) is 2.31. The Morgan fingerprint density at radius 2 is 2.07 bits per heavy atom. The van der Waals surface area contributed by atoms with Crippen LogP contribution in [-0.2, 0) is 9.53 Å². The van der Waals surface area contributed by atoms with Crippen molar-refractivity contribution in [2.24, 2.45) is 5.41 Å². The molecule has 1 fully saturated rings. The first kappa shape index (κ1) is 11.1. The maximum atomic E-state index is 11.7. The zero-order chi connectivity index (χ0) is 10.4. The lowest BCUT2D eigenvalue weighted by Gasteiger charge is -2.33. The Hall–Kier alpha value is -0.970. The molecule has 78 valence electrons. The smallest absolute Gasteiger partial charge is 0.311 e. The molecule has 2 nitrogen and oxygen atoms in total. The van der Waals surface area contributed by atoms with Crippen LogP contribution in [-0.4, -0.2) is 13.1 Å². The van der Waals surface area contributed by atoms with E-state index < -0.39 is 0 Å². The van der Waals surface area contributed by atoms with Crippen molar-refractivity contribution in [2.75, 3.05) is 7.11 Å². The van der Waals surface area contributed by atoms with Gasteiger partial charge in [-0.15, -0.1) is 12.3 Å². The van der Waals surface area contributed by atoms with Gasteiger partial charge in [0.25, 0.3) is 0 Å². The van der Waals surface area contributed by atoms with E-state index in [9.17, 15) is 4.79 Å². The molecule has 1 aliphatic rings. The summed E-state index contributed by atoms with van der Waals surface area (Å²) in [5, 5.41) is 0. The van der Waals surface area contributed by atoms with Crippen molar-refractivity contribution in [1.82, 2.24) is 0 Å². The molecule has 0 atom stereocenters. The SMILES string of the molecule is C#CCCC1(C(=O)OC)CCCCC1. The number of terminal acetylenes is 1. The van der Waals surface area contributed by atoms with Crippen LogP contribution in [0.4, 0.5) is 0 Å². The van der Waals surface area contributed by atoms with Gasteiger partial charge < -0.3 is 4.74 Å². The molecule has 0 N–H and O–H groups in total. The van der Waals surface area contributed by atoms with Gasteiger partial charge in [0, 0.05) is 6.42 Å². The lowest BCUT2D eigenvalue weighted by atomic mass is 9.71. The fraction of sp³-hybridized carbons (Fsp3) is 0.750. The highest BCUT2D eigenvalue weighted by Gasteiger charge is 2.39. The number of rotatable bonds is 3. The third-order valence-electron chi connectivity index (χ3n) is 3.18. The van der Waals surface area contributed by atoms with E-state index in [4.69, 9.17) is 11.2 Å². The summed E-state index contributed by atoms with van der Waals surface area (Å²) in [4.78, 5) is 11.7. The average molecular weight is 194 g/mol. The first-order valence-corrected chi connectivity index (χ1v) is 5.27. The first-order chi connectivity index (χ1) is 6.75. The minimum absolute atomic E-state index is 0.0625. The lowest BCUT2D eigenvalue weighted by Crippen LogP contribution is -2.34. The zero-order valence-corrected chi connectivity index (χ0v) is 8.84. The van der Waals surface area contributed by atoms with Gasteiger partial charge in [0.15, 0.2) is 0 Å². The molecule has 0 spiro atoms. The summed E-state index contributed by atoms with van der Waals surface area (Å²) >= 11 is 0. The highest BCUT2D eigenvalue weighted by Crippen LogP contribution is 2.41. The summed E-state index contributed by atoms with van der Waals surface area (Å²) in [7, 11) is 1.47. The van der Waals surface area contributed by atoms with Gasteiger partial charge in [-0.1, -0.05) is 19.3 Å². The predicted octanol–water partition coefficient (Wildman–Crippen LogP) is 2.52. The molecule has 0 amide bonds. The number of hydrogen-bond acceptors (Lipinski definition) is 2. The van der Waals surface area contributed by atoms with Crippen LogP contribution >= 0.6 is 0 Å². The molecule has 1 aliphatic carbocycles. The molecular weight excluding hydrogens is 176 g/mol. The topological polar surface area (TPSA) is 26.3 Å². The van der Waals surface area contributed by atoms with E-state index in [1.54, 1.807) is 0 Å². The molecule has 0 unspecified atom stereocenters. The summed E-state index contributed by atoms with van der Waals surface area (Å²) in [5.41, 5.74) is -0.265. The third-order valence-corrected chi connectivity index (χ3v) is 3.18. The number of carbonyl (C=O) groups excluding carboxylic acids is 1. The Balaban J connectivity index is 2.67. The highest BCUT2D eigenvalue weighted by molar-refractivity contribution is 5.76. The molecule has 1 saturated carbocycles. The Kier molecular flexibility index (Phi) is 4.00. The Morgan fingerprint density at radius 1 is 1.43 bits per heavy atom. The summed E-state index contributed by atoms with van der Waals surface area (Å²) in [5.74, 6) is 2.55. The number of methoxy groups -OCH3 is 1. The second-order valence-electron chi connectivity index (χ2n) is 4.04. The van der Waals surface area contributed by atoms with Gasteiger partial charge in [0.1, 0.15) is 0 Å². The van der Waals surface area contributed by atoms with E-state index in [2.05, 4.69) is 5.92 Å². The van der Waals surface area contributed by atoms with Crippen LogP contribution in [0.2, 0.25) is 0 Å². The average Bonchev–Trinajstić information content (AvgIpc) is 2.26. The van der Waals surface area contributed by atoms with Crippen molar-refractivity contribution in [3.63, 3.8) is 0 Å². The van der Waals surface area contributed by atoms with Crippen LogP contribution in [0.3, 0.4) is 0 Å². The van der Waals surface area contributed by atoms with Crippen molar-refractivity contribution in [1.29, 1.82) is 0 Å². The number of carbonyl (C=O) groups is 1. The maximum Gasteiger partial charge on any atom is 0.311 e. The molecule has 0 aliphatic heterocycles. The minimum Gasteiger partial charge on any atom is -0.469 e. The second-order valence-corrected chi connectivity index (χ2v) is 4.04. The molecule has 14 heavy (non-hydrogen) atoms. The van der Waals surface area contributed by atoms with Gasteiger partial charge in [-0.25, -0.2) is 0 Å². The third kappa shape index (κ3) is 2.29. The van der Waals surface area contributed by atoms with Crippen molar-refractivity contribution < 1.29 is 9.53 Å². The van der Waals surface area contributed by atoms with Gasteiger partial charge in [0.2, 0.25) is 0 Å². The highest BCUT2D eigenvalue weighted by atomic mass is 16.5. The summed E-state index contributed by atoms with van der Waals surface area (Å²) < 4.78 is 4.88. The molecule has 0 aromatic carbocycles. The van der Waals surface area contributed by atoms with E-state index in [0.29, 0.717) is 6.42 Å². The summed E-state index contributed by atoms with van der Waals surface area (Å²) in [6.45, 7) is 0. The molecule has 0 saturated heterocycles. The quantitative estimate of drug-likeness (QED) is 0.509. The zero-order valence-electron chi connectivity index (χ0n) is 8.84. The van der Waals surface area contributed by atoms with Crippen molar-refractivity contribution in [3.8, 4) is 12.3 Å². The molecule has 0 aromatic rings. The van der Waals surface area contributed by atoms with E-state index in [1.807, 2.05) is 0 Å². The summed E-state index contributed by atoms with van der Waals surface area (Å²) in [6, 6.07) is 0. The standard InChI is InChI=1S/C12H18O2/c1-3-4-8-12(11(13)14-2)9-6-5-7-10-12/h1H,4-10H2,2H3. The van der Waals surface area contributed by atoms with Crippen molar-refractivity contribution in [2.45, 2.75) is 44.9 Å². The normalized spacial score (nSPS) is 19.7. The lowest BCUT2D eigenvalue weighted by molar-refractivity contribution is -0.155. The maximum absolute atomic E-state index is 11.7. The molecule has 0 bridgehead atoms. The molecule has 0 heterocycles. The first-order valence-electron chi connectivity index (χ1n) is 5.27. The molecular formula is C12H18O2. The van der Waals surface area contributed by atoms with Gasteiger partial charge in [0.05, 0.1) is 12.5 Å².